The van der Waals surface area contributed by atoms with Gasteiger partial charge in [0.1, 0.15) is 12.2 Å². The highest BCUT2D eigenvalue weighted by molar-refractivity contribution is 6.37. The molecule has 22 heavy (non-hydrogen) atoms. The molecule has 1 N–H and O–H groups in total. The zero-order chi connectivity index (χ0) is 16.1. The molecule has 0 saturated carbocycles. The number of hydrogen-bond acceptors (Lipinski definition) is 5. The molecule has 2 rings (SSSR count). The Morgan fingerprint density at radius 1 is 1.36 bits per heavy atom. The summed E-state index contributed by atoms with van der Waals surface area (Å²) in [5.41, 5.74) is 0.499. The van der Waals surface area contributed by atoms with Gasteiger partial charge >= 0.3 is 5.97 Å². The van der Waals surface area contributed by atoms with Crippen molar-refractivity contribution in [2.45, 2.75) is 13.3 Å². The lowest BCUT2D eigenvalue weighted by atomic mass is 10.1. The van der Waals surface area contributed by atoms with Gasteiger partial charge in [0.15, 0.2) is 5.78 Å². The lowest BCUT2D eigenvalue weighted by Crippen LogP contribution is -2.43. The van der Waals surface area contributed by atoms with E-state index in [1.54, 1.807) is 6.92 Å². The van der Waals surface area contributed by atoms with E-state index in [0.717, 1.165) is 19.2 Å². The second-order valence-corrected chi connectivity index (χ2v) is 5.31. The van der Waals surface area contributed by atoms with Crippen LogP contribution in [-0.4, -0.2) is 44.5 Å². The number of halogens is 2. The summed E-state index contributed by atoms with van der Waals surface area (Å²) in [5, 5.41) is 3.37. The van der Waals surface area contributed by atoms with Gasteiger partial charge in [0.2, 0.25) is 0 Å². The SMILES string of the molecule is CCOC(=O)CC(=O)c1cc(F)cc(N2CCNCC2)c1Cl. The number of esters is 1. The molecule has 7 heteroatoms. The van der Waals surface area contributed by atoms with Gasteiger partial charge in [-0.15, -0.1) is 0 Å². The first-order chi connectivity index (χ1) is 10.5. The average molecular weight is 329 g/mol. The molecule has 1 aromatic carbocycles. The van der Waals surface area contributed by atoms with Gasteiger partial charge in [-0.3, -0.25) is 9.59 Å². The van der Waals surface area contributed by atoms with Crippen LogP contribution in [0.5, 0.6) is 0 Å². The van der Waals surface area contributed by atoms with Crippen molar-refractivity contribution in [2.24, 2.45) is 0 Å². The van der Waals surface area contributed by atoms with Crippen molar-refractivity contribution in [3.63, 3.8) is 0 Å². The Labute approximate surface area is 133 Å². The molecule has 120 valence electrons. The van der Waals surface area contributed by atoms with E-state index in [2.05, 4.69) is 5.32 Å². The predicted octanol–water partition coefficient (Wildman–Crippen LogP) is 2.02. The third-order valence-electron chi connectivity index (χ3n) is 3.39. The lowest BCUT2D eigenvalue weighted by molar-refractivity contribution is -0.141. The maximum Gasteiger partial charge on any atom is 0.313 e. The first-order valence-corrected chi connectivity index (χ1v) is 7.54. The van der Waals surface area contributed by atoms with Gasteiger partial charge in [-0.25, -0.2) is 4.39 Å². The highest BCUT2D eigenvalue weighted by atomic mass is 35.5. The fourth-order valence-corrected chi connectivity index (χ4v) is 2.69. The number of ether oxygens (including phenoxy) is 1. The zero-order valence-corrected chi connectivity index (χ0v) is 13.1. The summed E-state index contributed by atoms with van der Waals surface area (Å²) in [6, 6.07) is 2.38. The van der Waals surface area contributed by atoms with Crippen molar-refractivity contribution in [3.8, 4) is 0 Å². The van der Waals surface area contributed by atoms with Gasteiger partial charge in [-0.1, -0.05) is 11.6 Å². The molecule has 1 fully saturated rings. The van der Waals surface area contributed by atoms with Crippen LogP contribution in [0.25, 0.3) is 0 Å². The van der Waals surface area contributed by atoms with Gasteiger partial charge in [-0.05, 0) is 19.1 Å². The standard InChI is InChI=1S/C15H18ClFN2O3/c1-2-22-14(21)9-13(20)11-7-10(17)8-12(15(11)16)19-5-3-18-4-6-19/h7-8,18H,2-6,9H2,1H3. The highest BCUT2D eigenvalue weighted by Crippen LogP contribution is 2.31. The van der Waals surface area contributed by atoms with E-state index in [1.165, 1.54) is 6.07 Å². The molecule has 0 bridgehead atoms. The minimum Gasteiger partial charge on any atom is -0.466 e. The van der Waals surface area contributed by atoms with E-state index >= 15 is 0 Å². The number of nitrogens with one attached hydrogen (secondary N) is 1. The molecule has 1 aliphatic rings. The molecule has 1 aromatic rings. The molecule has 5 nitrogen and oxygen atoms in total. The van der Waals surface area contributed by atoms with Crippen LogP contribution in [0.15, 0.2) is 12.1 Å². The topological polar surface area (TPSA) is 58.6 Å². The summed E-state index contributed by atoms with van der Waals surface area (Å²) in [6.07, 6.45) is -0.446. The third kappa shape index (κ3) is 3.96. The van der Waals surface area contributed by atoms with Crippen LogP contribution in [0.2, 0.25) is 5.02 Å². The van der Waals surface area contributed by atoms with Crippen molar-refractivity contribution in [1.29, 1.82) is 0 Å². The Bertz CT molecular complexity index is 574. The predicted molar refractivity (Wildman–Crippen MR) is 82.1 cm³/mol. The molecule has 0 spiro atoms. The molecule has 0 amide bonds. The Morgan fingerprint density at radius 3 is 2.68 bits per heavy atom. The summed E-state index contributed by atoms with van der Waals surface area (Å²) in [7, 11) is 0. The van der Waals surface area contributed by atoms with Crippen LogP contribution >= 0.6 is 11.6 Å². The van der Waals surface area contributed by atoms with Crippen LogP contribution in [-0.2, 0) is 9.53 Å². The van der Waals surface area contributed by atoms with E-state index in [0.29, 0.717) is 18.8 Å². The maximum absolute atomic E-state index is 13.8. The minimum absolute atomic E-state index is 0.0169. The summed E-state index contributed by atoms with van der Waals surface area (Å²) in [4.78, 5) is 25.5. The summed E-state index contributed by atoms with van der Waals surface area (Å²) >= 11 is 6.27. The fraction of sp³-hybridized carbons (Fsp3) is 0.467. The quantitative estimate of drug-likeness (QED) is 0.509. The first-order valence-electron chi connectivity index (χ1n) is 7.16. The number of Topliss-reactive ketones (excluding diaryl/α,β-unsaturated/α-hetero) is 1. The molecule has 0 aromatic heterocycles. The van der Waals surface area contributed by atoms with Gasteiger partial charge in [-0.2, -0.15) is 0 Å². The van der Waals surface area contributed by atoms with Gasteiger partial charge in [0, 0.05) is 31.7 Å². The average Bonchev–Trinajstić information content (AvgIpc) is 2.50. The van der Waals surface area contributed by atoms with Crippen LogP contribution in [0.1, 0.15) is 23.7 Å². The number of ketones is 1. The normalized spacial score (nSPS) is 14.8. The molecule has 1 heterocycles. The van der Waals surface area contributed by atoms with Crippen molar-refractivity contribution >= 4 is 29.0 Å². The fourth-order valence-electron chi connectivity index (χ4n) is 2.35. The number of carbonyl (C=O) groups is 2. The Morgan fingerprint density at radius 2 is 2.05 bits per heavy atom. The minimum atomic E-state index is -0.642. The van der Waals surface area contributed by atoms with E-state index in [1.807, 2.05) is 4.90 Å². The van der Waals surface area contributed by atoms with Gasteiger partial charge in [0.05, 0.1) is 17.3 Å². The van der Waals surface area contributed by atoms with Crippen LogP contribution in [0.3, 0.4) is 0 Å². The van der Waals surface area contributed by atoms with Gasteiger partial charge < -0.3 is 15.0 Å². The van der Waals surface area contributed by atoms with Crippen molar-refractivity contribution in [3.05, 3.63) is 28.5 Å². The number of benzene rings is 1. The molecule has 1 saturated heterocycles. The molecule has 0 atom stereocenters. The van der Waals surface area contributed by atoms with Crippen LogP contribution in [0, 0.1) is 5.82 Å². The monoisotopic (exact) mass is 328 g/mol. The Balaban J connectivity index is 2.26. The van der Waals surface area contributed by atoms with Gasteiger partial charge in [0.25, 0.3) is 0 Å². The number of anilines is 1. The van der Waals surface area contributed by atoms with Crippen molar-refractivity contribution in [2.75, 3.05) is 37.7 Å². The van der Waals surface area contributed by atoms with E-state index in [4.69, 9.17) is 16.3 Å². The van der Waals surface area contributed by atoms with Crippen molar-refractivity contribution in [1.82, 2.24) is 5.32 Å². The van der Waals surface area contributed by atoms with E-state index < -0.39 is 24.0 Å². The zero-order valence-electron chi connectivity index (χ0n) is 12.3. The largest absolute Gasteiger partial charge is 0.466 e. The third-order valence-corrected chi connectivity index (χ3v) is 3.78. The molecular weight excluding hydrogens is 311 g/mol. The number of hydrogen-bond donors (Lipinski definition) is 1. The smallest absolute Gasteiger partial charge is 0.313 e. The second-order valence-electron chi connectivity index (χ2n) is 4.93. The Hall–Kier alpha value is -1.66. The maximum atomic E-state index is 13.8. The molecule has 0 aliphatic carbocycles. The summed E-state index contributed by atoms with van der Waals surface area (Å²) in [5.74, 6) is -1.74. The number of nitrogens with zero attached hydrogens (tertiary/aromatic N) is 1. The molecule has 1 aliphatic heterocycles. The Kier molecular flexibility index (Phi) is 5.74. The van der Waals surface area contributed by atoms with Crippen LogP contribution in [0.4, 0.5) is 10.1 Å². The van der Waals surface area contributed by atoms with E-state index in [-0.39, 0.29) is 17.2 Å². The lowest BCUT2D eigenvalue weighted by Gasteiger charge is -2.30. The second kappa shape index (κ2) is 7.56. The molecule has 0 radical (unpaired) electrons. The number of rotatable bonds is 5. The van der Waals surface area contributed by atoms with E-state index in [9.17, 15) is 14.0 Å². The highest BCUT2D eigenvalue weighted by Gasteiger charge is 2.22. The first kappa shape index (κ1) is 16.7. The molecular formula is C15H18ClFN2O3. The number of carbonyl (C=O) groups excluding carboxylic acids is 2. The number of piperazine rings is 1. The summed E-state index contributed by atoms with van der Waals surface area (Å²) < 4.78 is 18.6. The van der Waals surface area contributed by atoms with Crippen molar-refractivity contribution < 1.29 is 18.7 Å². The summed E-state index contributed by atoms with van der Waals surface area (Å²) in [6.45, 7) is 4.72. The molecule has 0 unspecified atom stereocenters. The van der Waals surface area contributed by atoms with Crippen LogP contribution < -0.4 is 10.2 Å².